The number of hydrogen-bond donors (Lipinski definition) is 1. The minimum Gasteiger partial charge on any atom is -0.369 e. The summed E-state index contributed by atoms with van der Waals surface area (Å²) >= 11 is 6.33. The van der Waals surface area contributed by atoms with Crippen LogP contribution in [0.1, 0.15) is 37.3 Å². The van der Waals surface area contributed by atoms with E-state index in [9.17, 15) is 9.59 Å². The molecule has 6 nitrogen and oxygen atoms in total. The van der Waals surface area contributed by atoms with Crippen LogP contribution in [0.3, 0.4) is 0 Å². The largest absolute Gasteiger partial charge is 0.369 e. The van der Waals surface area contributed by atoms with E-state index in [0.29, 0.717) is 11.6 Å². The Hall–Kier alpha value is -2.34. The summed E-state index contributed by atoms with van der Waals surface area (Å²) in [4.78, 5) is 27.1. The number of aryl methyl sites for hydroxylation is 2. The number of fused-ring (bicyclic) bond motifs is 1. The number of benzene rings is 1. The van der Waals surface area contributed by atoms with Gasteiger partial charge in [0.25, 0.3) is 5.56 Å². The summed E-state index contributed by atoms with van der Waals surface area (Å²) < 4.78 is 1.13. The Labute approximate surface area is 169 Å². The maximum Gasteiger partial charge on any atom is 0.288 e. The second-order valence-corrected chi connectivity index (χ2v) is 8.24. The van der Waals surface area contributed by atoms with E-state index in [1.54, 1.807) is 6.20 Å². The fraction of sp³-hybridized carbons (Fsp3) is 0.476. The third-order valence-electron chi connectivity index (χ3n) is 5.77. The van der Waals surface area contributed by atoms with Crippen molar-refractivity contribution in [3.63, 3.8) is 0 Å². The van der Waals surface area contributed by atoms with E-state index in [4.69, 9.17) is 11.6 Å². The van der Waals surface area contributed by atoms with Gasteiger partial charge in [0, 0.05) is 18.8 Å². The van der Waals surface area contributed by atoms with Gasteiger partial charge in [-0.05, 0) is 61.3 Å². The van der Waals surface area contributed by atoms with Crippen molar-refractivity contribution in [2.24, 2.45) is 5.92 Å². The molecule has 0 spiro atoms. The molecular weight excluding hydrogens is 376 g/mol. The monoisotopic (exact) mass is 400 g/mol. The number of rotatable bonds is 4. The minimum absolute atomic E-state index is 0.134. The molecule has 1 N–H and O–H groups in total. The summed E-state index contributed by atoms with van der Waals surface area (Å²) in [5.41, 5.74) is 3.63. The number of halogens is 1. The lowest BCUT2D eigenvalue weighted by atomic mass is 9.99. The van der Waals surface area contributed by atoms with Crippen LogP contribution in [0.15, 0.2) is 29.2 Å². The first-order chi connectivity index (χ1) is 13.5. The summed E-state index contributed by atoms with van der Waals surface area (Å²) in [5.74, 6) is 0.398. The van der Waals surface area contributed by atoms with Gasteiger partial charge >= 0.3 is 0 Å². The zero-order chi connectivity index (χ0) is 19.7. The molecule has 1 fully saturated rings. The van der Waals surface area contributed by atoms with Crippen molar-refractivity contribution in [1.82, 2.24) is 9.78 Å². The van der Waals surface area contributed by atoms with E-state index >= 15 is 0 Å². The van der Waals surface area contributed by atoms with E-state index in [-0.39, 0.29) is 17.5 Å². The second-order valence-electron chi connectivity index (χ2n) is 7.86. The van der Waals surface area contributed by atoms with Crippen molar-refractivity contribution in [2.75, 3.05) is 23.3 Å². The fourth-order valence-corrected chi connectivity index (χ4v) is 4.29. The van der Waals surface area contributed by atoms with E-state index in [2.05, 4.69) is 28.3 Å². The average Bonchev–Trinajstić information content (AvgIpc) is 3.14. The van der Waals surface area contributed by atoms with Gasteiger partial charge in [0.15, 0.2) is 0 Å². The summed E-state index contributed by atoms with van der Waals surface area (Å²) in [5, 5.41) is 7.18. The molecule has 7 heteroatoms. The zero-order valence-corrected chi connectivity index (χ0v) is 16.8. The normalized spacial score (nSPS) is 16.9. The number of nitrogens with zero attached hydrogens (tertiary/aromatic N) is 3. The molecule has 0 radical (unpaired) electrons. The maximum absolute atomic E-state index is 12.6. The Bertz CT molecular complexity index is 948. The fourth-order valence-electron chi connectivity index (χ4n) is 4.03. The number of carbonyl (C=O) groups excluding carboxylic acids is 1. The summed E-state index contributed by atoms with van der Waals surface area (Å²) in [6.45, 7) is 3.80. The van der Waals surface area contributed by atoms with Gasteiger partial charge in [0.05, 0.1) is 11.9 Å². The lowest BCUT2D eigenvalue weighted by Crippen LogP contribution is -2.36. The van der Waals surface area contributed by atoms with Crippen molar-refractivity contribution in [3.05, 3.63) is 50.9 Å². The Morgan fingerprint density at radius 3 is 2.79 bits per heavy atom. The molecule has 0 unspecified atom stereocenters. The van der Waals surface area contributed by atoms with Gasteiger partial charge in [0.2, 0.25) is 5.91 Å². The molecule has 0 atom stereocenters. The van der Waals surface area contributed by atoms with Crippen molar-refractivity contribution < 1.29 is 4.79 Å². The molecule has 2 aliphatic rings. The van der Waals surface area contributed by atoms with Crippen LogP contribution in [-0.4, -0.2) is 28.8 Å². The minimum atomic E-state index is -0.429. The van der Waals surface area contributed by atoms with Crippen LogP contribution >= 0.6 is 11.6 Å². The third kappa shape index (κ3) is 3.92. The van der Waals surface area contributed by atoms with Crippen molar-refractivity contribution in [1.29, 1.82) is 0 Å². The van der Waals surface area contributed by atoms with Gasteiger partial charge < -0.3 is 10.2 Å². The van der Waals surface area contributed by atoms with Crippen LogP contribution < -0.4 is 15.8 Å². The third-order valence-corrected chi connectivity index (χ3v) is 6.12. The summed E-state index contributed by atoms with van der Waals surface area (Å²) in [6.07, 6.45) is 7.05. The van der Waals surface area contributed by atoms with Crippen molar-refractivity contribution in [3.8, 4) is 0 Å². The SMILES string of the molecule is CC1CCN(c2cnn(CC(=O)Nc3ccc4c(c3)CCC4)c(=O)c2Cl)CC1. The Morgan fingerprint density at radius 1 is 1.25 bits per heavy atom. The molecule has 1 saturated heterocycles. The van der Waals surface area contributed by atoms with E-state index in [1.807, 2.05) is 12.1 Å². The molecule has 0 bridgehead atoms. The molecule has 4 rings (SSSR count). The molecular formula is C21H25ClN4O2. The topological polar surface area (TPSA) is 67.2 Å². The van der Waals surface area contributed by atoms with Gasteiger partial charge in [-0.3, -0.25) is 9.59 Å². The highest BCUT2D eigenvalue weighted by Crippen LogP contribution is 2.27. The van der Waals surface area contributed by atoms with E-state index in [1.165, 1.54) is 11.1 Å². The number of piperidine rings is 1. The highest BCUT2D eigenvalue weighted by atomic mass is 35.5. The van der Waals surface area contributed by atoms with Crippen molar-refractivity contribution >= 4 is 28.9 Å². The predicted molar refractivity (Wildman–Crippen MR) is 111 cm³/mol. The number of hydrogen-bond acceptors (Lipinski definition) is 4. The van der Waals surface area contributed by atoms with Crippen LogP contribution in [0, 0.1) is 5.92 Å². The molecule has 28 heavy (non-hydrogen) atoms. The highest BCUT2D eigenvalue weighted by Gasteiger charge is 2.21. The zero-order valence-electron chi connectivity index (χ0n) is 16.1. The Morgan fingerprint density at radius 2 is 2.00 bits per heavy atom. The first kappa shape index (κ1) is 19.0. The molecule has 1 aliphatic carbocycles. The predicted octanol–water partition coefficient (Wildman–Crippen LogP) is 3.26. The molecule has 1 amide bonds. The number of anilines is 2. The number of aromatic nitrogens is 2. The number of amides is 1. The molecule has 2 aromatic rings. The van der Waals surface area contributed by atoms with Gasteiger partial charge in [-0.25, -0.2) is 4.68 Å². The Kier molecular flexibility index (Phi) is 5.40. The highest BCUT2D eigenvalue weighted by molar-refractivity contribution is 6.33. The van der Waals surface area contributed by atoms with E-state index < -0.39 is 5.56 Å². The molecule has 2 heterocycles. The lowest BCUT2D eigenvalue weighted by molar-refractivity contribution is -0.117. The second kappa shape index (κ2) is 7.95. The number of nitrogens with one attached hydrogen (secondary N) is 1. The molecule has 0 saturated carbocycles. The smallest absolute Gasteiger partial charge is 0.288 e. The lowest BCUT2D eigenvalue weighted by Gasteiger charge is -2.32. The first-order valence-corrected chi connectivity index (χ1v) is 10.3. The Balaban J connectivity index is 1.45. The summed E-state index contributed by atoms with van der Waals surface area (Å²) in [6, 6.07) is 5.99. The number of carbonyl (C=O) groups is 1. The van der Waals surface area contributed by atoms with Gasteiger partial charge in [-0.2, -0.15) is 5.10 Å². The average molecular weight is 401 g/mol. The van der Waals surface area contributed by atoms with Crippen LogP contribution in [-0.2, 0) is 24.2 Å². The van der Waals surface area contributed by atoms with E-state index in [0.717, 1.165) is 55.6 Å². The van der Waals surface area contributed by atoms with Crippen LogP contribution in [0.4, 0.5) is 11.4 Å². The van der Waals surface area contributed by atoms with Gasteiger partial charge in [-0.1, -0.05) is 24.6 Å². The van der Waals surface area contributed by atoms with Crippen LogP contribution in [0.2, 0.25) is 5.02 Å². The standard InChI is InChI=1S/C21H25ClN4O2/c1-14-7-9-25(10-8-14)18-12-23-26(21(28)20(18)22)13-19(27)24-17-6-5-15-3-2-4-16(15)11-17/h5-6,11-12,14H,2-4,7-10,13H2,1H3,(H,24,27). The van der Waals surface area contributed by atoms with Crippen LogP contribution in [0.5, 0.6) is 0 Å². The molecule has 1 aromatic carbocycles. The summed E-state index contributed by atoms with van der Waals surface area (Å²) in [7, 11) is 0. The van der Waals surface area contributed by atoms with Gasteiger partial charge in [-0.15, -0.1) is 0 Å². The molecule has 1 aliphatic heterocycles. The molecule has 1 aromatic heterocycles. The van der Waals surface area contributed by atoms with Crippen molar-refractivity contribution in [2.45, 2.75) is 45.6 Å². The van der Waals surface area contributed by atoms with Gasteiger partial charge in [0.1, 0.15) is 11.6 Å². The van der Waals surface area contributed by atoms with Crippen LogP contribution in [0.25, 0.3) is 0 Å². The quantitative estimate of drug-likeness (QED) is 0.855. The molecule has 148 valence electrons. The maximum atomic E-state index is 12.6. The first-order valence-electron chi connectivity index (χ1n) is 9.93.